The Labute approximate surface area is 194 Å². The summed E-state index contributed by atoms with van der Waals surface area (Å²) in [6.45, 7) is 2.57. The highest BCUT2D eigenvalue weighted by Crippen LogP contribution is 2.27. The monoisotopic (exact) mass is 470 g/mol. The SMILES string of the molecule is CCOc1ccc(C(=O)N(C)Cc2ccccc2)cc1CN(c1ccc(F)cc1)S(C)(=O)=O. The molecule has 33 heavy (non-hydrogen) atoms. The molecule has 0 spiro atoms. The Balaban J connectivity index is 1.93. The van der Waals surface area contributed by atoms with Crippen LogP contribution in [0.2, 0.25) is 0 Å². The summed E-state index contributed by atoms with van der Waals surface area (Å²) < 4.78 is 45.3. The predicted octanol–water partition coefficient (Wildman–Crippen LogP) is 4.46. The second-order valence-corrected chi connectivity index (χ2v) is 9.56. The first-order valence-electron chi connectivity index (χ1n) is 10.5. The third-order valence-electron chi connectivity index (χ3n) is 5.05. The van der Waals surface area contributed by atoms with Gasteiger partial charge in [-0.05, 0) is 55.0 Å². The van der Waals surface area contributed by atoms with Crippen LogP contribution in [0.1, 0.15) is 28.4 Å². The molecule has 0 atom stereocenters. The van der Waals surface area contributed by atoms with Crippen LogP contribution in [0, 0.1) is 5.82 Å². The maximum absolute atomic E-state index is 13.4. The number of rotatable bonds is 9. The number of carbonyl (C=O) groups is 1. The third-order valence-corrected chi connectivity index (χ3v) is 6.19. The number of anilines is 1. The Morgan fingerprint density at radius 3 is 2.24 bits per heavy atom. The Bertz CT molecular complexity index is 1200. The molecular weight excluding hydrogens is 443 g/mol. The van der Waals surface area contributed by atoms with Crippen LogP contribution in [0.15, 0.2) is 72.8 Å². The van der Waals surface area contributed by atoms with Gasteiger partial charge in [-0.1, -0.05) is 30.3 Å². The Morgan fingerprint density at radius 1 is 0.970 bits per heavy atom. The molecule has 3 rings (SSSR count). The van der Waals surface area contributed by atoms with Crippen LogP contribution in [0.25, 0.3) is 0 Å². The van der Waals surface area contributed by atoms with Crippen LogP contribution in [-0.2, 0) is 23.1 Å². The Kier molecular flexibility index (Phi) is 7.71. The van der Waals surface area contributed by atoms with Crippen molar-refractivity contribution in [3.8, 4) is 5.75 Å². The fraction of sp³-hybridized carbons (Fsp3) is 0.240. The van der Waals surface area contributed by atoms with Crippen molar-refractivity contribution in [2.45, 2.75) is 20.0 Å². The van der Waals surface area contributed by atoms with E-state index in [1.54, 1.807) is 30.1 Å². The number of halogens is 1. The van der Waals surface area contributed by atoms with Crippen LogP contribution < -0.4 is 9.04 Å². The first-order chi connectivity index (χ1) is 15.7. The van der Waals surface area contributed by atoms with E-state index in [1.807, 2.05) is 37.3 Å². The smallest absolute Gasteiger partial charge is 0.253 e. The summed E-state index contributed by atoms with van der Waals surface area (Å²) in [5.41, 5.74) is 2.27. The average molecular weight is 471 g/mol. The predicted molar refractivity (Wildman–Crippen MR) is 127 cm³/mol. The van der Waals surface area contributed by atoms with Gasteiger partial charge in [-0.25, -0.2) is 12.8 Å². The van der Waals surface area contributed by atoms with Gasteiger partial charge in [0.15, 0.2) is 0 Å². The van der Waals surface area contributed by atoms with E-state index in [4.69, 9.17) is 4.74 Å². The van der Waals surface area contributed by atoms with E-state index in [0.29, 0.717) is 35.7 Å². The highest BCUT2D eigenvalue weighted by atomic mass is 32.2. The van der Waals surface area contributed by atoms with Gasteiger partial charge in [-0.2, -0.15) is 0 Å². The van der Waals surface area contributed by atoms with Gasteiger partial charge in [-0.3, -0.25) is 9.10 Å². The molecule has 0 radical (unpaired) electrons. The molecule has 0 aliphatic rings. The zero-order valence-electron chi connectivity index (χ0n) is 18.9. The van der Waals surface area contributed by atoms with Gasteiger partial charge >= 0.3 is 0 Å². The Hall–Kier alpha value is -3.39. The molecule has 0 heterocycles. The van der Waals surface area contributed by atoms with Gasteiger partial charge in [0, 0.05) is 24.7 Å². The molecule has 0 saturated heterocycles. The molecule has 0 unspecified atom stereocenters. The highest BCUT2D eigenvalue weighted by Gasteiger charge is 2.22. The largest absolute Gasteiger partial charge is 0.494 e. The highest BCUT2D eigenvalue weighted by molar-refractivity contribution is 7.92. The minimum absolute atomic E-state index is 0.0662. The maximum Gasteiger partial charge on any atom is 0.253 e. The molecule has 0 fully saturated rings. The fourth-order valence-corrected chi connectivity index (χ4v) is 4.32. The summed E-state index contributed by atoms with van der Waals surface area (Å²) in [6.07, 6.45) is 1.08. The summed E-state index contributed by atoms with van der Waals surface area (Å²) in [4.78, 5) is 14.7. The molecule has 8 heteroatoms. The molecule has 6 nitrogen and oxygen atoms in total. The van der Waals surface area contributed by atoms with Crippen molar-refractivity contribution < 1.29 is 22.3 Å². The van der Waals surface area contributed by atoms with Crippen LogP contribution in [0.3, 0.4) is 0 Å². The van der Waals surface area contributed by atoms with Gasteiger partial charge in [0.25, 0.3) is 5.91 Å². The lowest BCUT2D eigenvalue weighted by Crippen LogP contribution is -2.30. The van der Waals surface area contributed by atoms with Crippen molar-refractivity contribution in [1.82, 2.24) is 4.90 Å². The quantitative estimate of drug-likeness (QED) is 0.463. The number of sulfonamides is 1. The van der Waals surface area contributed by atoms with E-state index in [1.165, 1.54) is 24.3 Å². The number of amides is 1. The van der Waals surface area contributed by atoms with Gasteiger partial charge in [-0.15, -0.1) is 0 Å². The van der Waals surface area contributed by atoms with E-state index in [0.717, 1.165) is 16.1 Å². The van der Waals surface area contributed by atoms with Crippen molar-refractivity contribution in [3.63, 3.8) is 0 Å². The maximum atomic E-state index is 13.4. The van der Waals surface area contributed by atoms with Gasteiger partial charge < -0.3 is 9.64 Å². The lowest BCUT2D eigenvalue weighted by atomic mass is 10.1. The zero-order valence-corrected chi connectivity index (χ0v) is 19.7. The second-order valence-electron chi connectivity index (χ2n) is 7.65. The van der Waals surface area contributed by atoms with Gasteiger partial charge in [0.05, 0.1) is 25.1 Å². The molecule has 0 saturated carbocycles. The van der Waals surface area contributed by atoms with Gasteiger partial charge in [0.1, 0.15) is 11.6 Å². The van der Waals surface area contributed by atoms with E-state index >= 15 is 0 Å². The second kappa shape index (κ2) is 10.5. The topological polar surface area (TPSA) is 66.9 Å². The number of benzene rings is 3. The lowest BCUT2D eigenvalue weighted by molar-refractivity contribution is 0.0785. The minimum Gasteiger partial charge on any atom is -0.494 e. The molecule has 0 aromatic heterocycles. The molecule has 3 aromatic rings. The Morgan fingerprint density at radius 2 is 1.64 bits per heavy atom. The number of carbonyl (C=O) groups excluding carboxylic acids is 1. The standard InChI is InChI=1S/C25H27FN2O4S/c1-4-32-24-15-10-20(25(29)27(2)17-19-8-6-5-7-9-19)16-21(24)18-28(33(3,30)31)23-13-11-22(26)12-14-23/h5-16H,4,17-18H2,1-3H3. The number of hydrogen-bond acceptors (Lipinski definition) is 4. The molecule has 1 amide bonds. The number of ether oxygens (including phenoxy) is 1. The van der Waals surface area contributed by atoms with E-state index in [9.17, 15) is 17.6 Å². The fourth-order valence-electron chi connectivity index (χ4n) is 3.44. The van der Waals surface area contributed by atoms with Gasteiger partial charge in [0.2, 0.25) is 10.0 Å². The summed E-state index contributed by atoms with van der Waals surface area (Å²) >= 11 is 0. The van der Waals surface area contributed by atoms with Crippen LogP contribution in [-0.4, -0.2) is 39.1 Å². The average Bonchev–Trinajstić information content (AvgIpc) is 2.78. The summed E-state index contributed by atoms with van der Waals surface area (Å²) in [5.74, 6) is -0.178. The third kappa shape index (κ3) is 6.32. The van der Waals surface area contributed by atoms with Crippen molar-refractivity contribution in [3.05, 3.63) is 95.3 Å². The zero-order chi connectivity index (χ0) is 24.0. The van der Waals surface area contributed by atoms with Crippen molar-refractivity contribution in [2.75, 3.05) is 24.2 Å². The van der Waals surface area contributed by atoms with Crippen molar-refractivity contribution >= 4 is 21.6 Å². The molecule has 0 N–H and O–H groups in total. The minimum atomic E-state index is -3.69. The summed E-state index contributed by atoms with van der Waals surface area (Å²) in [5, 5.41) is 0. The first kappa shape index (κ1) is 24.3. The summed E-state index contributed by atoms with van der Waals surface area (Å²) in [6, 6.07) is 19.8. The molecule has 0 bridgehead atoms. The van der Waals surface area contributed by atoms with E-state index in [2.05, 4.69) is 0 Å². The van der Waals surface area contributed by atoms with E-state index < -0.39 is 15.8 Å². The van der Waals surface area contributed by atoms with E-state index in [-0.39, 0.29) is 12.5 Å². The first-order valence-corrected chi connectivity index (χ1v) is 12.3. The molecule has 0 aliphatic heterocycles. The summed E-state index contributed by atoms with van der Waals surface area (Å²) in [7, 11) is -1.98. The lowest BCUT2D eigenvalue weighted by Gasteiger charge is -2.24. The van der Waals surface area contributed by atoms with Crippen LogP contribution in [0.4, 0.5) is 10.1 Å². The normalized spacial score (nSPS) is 11.2. The number of nitrogens with zero attached hydrogens (tertiary/aromatic N) is 2. The molecule has 174 valence electrons. The van der Waals surface area contributed by atoms with Crippen LogP contribution in [0.5, 0.6) is 5.75 Å². The van der Waals surface area contributed by atoms with Crippen molar-refractivity contribution in [2.24, 2.45) is 0 Å². The van der Waals surface area contributed by atoms with Crippen LogP contribution >= 0.6 is 0 Å². The molecule has 0 aliphatic carbocycles. The molecular formula is C25H27FN2O4S. The number of hydrogen-bond donors (Lipinski definition) is 0. The molecule has 3 aromatic carbocycles. The van der Waals surface area contributed by atoms with Crippen molar-refractivity contribution in [1.29, 1.82) is 0 Å².